The van der Waals surface area contributed by atoms with E-state index in [4.69, 9.17) is 21.1 Å². The van der Waals surface area contributed by atoms with Crippen LogP contribution in [0.1, 0.15) is 17.2 Å². The van der Waals surface area contributed by atoms with E-state index in [-0.39, 0.29) is 12.2 Å². The summed E-state index contributed by atoms with van der Waals surface area (Å²) in [6.45, 7) is 0. The summed E-state index contributed by atoms with van der Waals surface area (Å²) in [5.41, 5.74) is 1.23. The van der Waals surface area contributed by atoms with Gasteiger partial charge in [0.2, 0.25) is 0 Å². The van der Waals surface area contributed by atoms with Crippen molar-refractivity contribution in [1.29, 1.82) is 0 Å². The van der Waals surface area contributed by atoms with Gasteiger partial charge in [-0.1, -0.05) is 17.7 Å². The maximum Gasteiger partial charge on any atom is 0.165 e. The van der Waals surface area contributed by atoms with Crippen molar-refractivity contribution in [1.82, 2.24) is 0 Å². The molecule has 2 aromatic rings. The van der Waals surface area contributed by atoms with Crippen molar-refractivity contribution < 1.29 is 19.0 Å². The van der Waals surface area contributed by atoms with Crippen LogP contribution in [0.4, 0.5) is 4.39 Å². The van der Waals surface area contributed by atoms with Gasteiger partial charge in [-0.05, 0) is 35.9 Å². The quantitative estimate of drug-likeness (QED) is 0.913. The van der Waals surface area contributed by atoms with Crippen molar-refractivity contribution in [2.24, 2.45) is 0 Å². The van der Waals surface area contributed by atoms with Gasteiger partial charge in [0.1, 0.15) is 5.75 Å². The third-order valence-corrected chi connectivity index (χ3v) is 3.43. The Morgan fingerprint density at radius 3 is 2.38 bits per heavy atom. The molecule has 2 rings (SSSR count). The van der Waals surface area contributed by atoms with Crippen LogP contribution in [0.15, 0.2) is 36.4 Å². The van der Waals surface area contributed by atoms with Crippen molar-refractivity contribution in [2.45, 2.75) is 12.5 Å². The number of benzene rings is 2. The van der Waals surface area contributed by atoms with Gasteiger partial charge >= 0.3 is 0 Å². The van der Waals surface area contributed by atoms with Gasteiger partial charge in [-0.2, -0.15) is 0 Å². The van der Waals surface area contributed by atoms with Crippen molar-refractivity contribution >= 4 is 11.6 Å². The minimum Gasteiger partial charge on any atom is -0.496 e. The van der Waals surface area contributed by atoms with Crippen LogP contribution in [0.3, 0.4) is 0 Å². The second-order valence-electron chi connectivity index (χ2n) is 4.58. The van der Waals surface area contributed by atoms with E-state index in [2.05, 4.69) is 0 Å². The lowest BCUT2D eigenvalue weighted by molar-refractivity contribution is 0.174. The van der Waals surface area contributed by atoms with Gasteiger partial charge in [0.05, 0.1) is 20.3 Å². The monoisotopic (exact) mass is 310 g/mol. The van der Waals surface area contributed by atoms with Gasteiger partial charge in [0.15, 0.2) is 11.6 Å². The summed E-state index contributed by atoms with van der Waals surface area (Å²) in [4.78, 5) is 0. The minimum atomic E-state index is -0.841. The predicted octanol–water partition coefficient (Wildman–Crippen LogP) is 3.77. The van der Waals surface area contributed by atoms with E-state index < -0.39 is 11.9 Å². The van der Waals surface area contributed by atoms with Crippen LogP contribution in [-0.4, -0.2) is 19.3 Å². The molecule has 112 valence electrons. The molecule has 0 bridgehead atoms. The molecule has 0 fully saturated rings. The van der Waals surface area contributed by atoms with Gasteiger partial charge in [-0.25, -0.2) is 4.39 Å². The van der Waals surface area contributed by atoms with E-state index in [1.54, 1.807) is 24.3 Å². The number of halogens is 2. The zero-order chi connectivity index (χ0) is 15.4. The van der Waals surface area contributed by atoms with E-state index in [1.807, 2.05) is 0 Å². The Bertz CT molecular complexity index is 631. The van der Waals surface area contributed by atoms with E-state index in [9.17, 15) is 9.50 Å². The molecule has 0 aliphatic heterocycles. The Morgan fingerprint density at radius 2 is 1.76 bits per heavy atom. The highest BCUT2D eigenvalue weighted by Gasteiger charge is 2.15. The molecule has 3 nitrogen and oxygen atoms in total. The lowest BCUT2D eigenvalue weighted by Gasteiger charge is -2.15. The summed E-state index contributed by atoms with van der Waals surface area (Å²) in [6.07, 6.45) is -0.594. The molecule has 0 saturated carbocycles. The van der Waals surface area contributed by atoms with Crippen molar-refractivity contribution in [3.05, 3.63) is 58.4 Å². The molecule has 1 unspecified atom stereocenters. The number of aliphatic hydroxyl groups is 1. The number of aliphatic hydroxyl groups excluding tert-OH is 1. The highest BCUT2D eigenvalue weighted by Crippen LogP contribution is 2.31. The second-order valence-corrected chi connectivity index (χ2v) is 5.01. The topological polar surface area (TPSA) is 38.7 Å². The van der Waals surface area contributed by atoms with Crippen LogP contribution >= 0.6 is 11.6 Å². The van der Waals surface area contributed by atoms with Crippen molar-refractivity contribution in [2.75, 3.05) is 14.2 Å². The lowest BCUT2D eigenvalue weighted by atomic mass is 10.0. The predicted molar refractivity (Wildman–Crippen MR) is 79.6 cm³/mol. The summed E-state index contributed by atoms with van der Waals surface area (Å²) >= 11 is 5.94. The van der Waals surface area contributed by atoms with Crippen LogP contribution in [0.5, 0.6) is 11.5 Å². The number of hydrogen-bond acceptors (Lipinski definition) is 3. The first-order chi connectivity index (χ1) is 10.0. The lowest BCUT2D eigenvalue weighted by Crippen LogP contribution is -2.04. The number of rotatable bonds is 5. The molecule has 5 heteroatoms. The van der Waals surface area contributed by atoms with E-state index in [0.717, 1.165) is 0 Å². The number of ether oxygens (including phenoxy) is 2. The molecule has 0 heterocycles. The van der Waals surface area contributed by atoms with E-state index in [0.29, 0.717) is 21.9 Å². The fraction of sp³-hybridized carbons (Fsp3) is 0.250. The van der Waals surface area contributed by atoms with Crippen LogP contribution in [-0.2, 0) is 6.42 Å². The van der Waals surface area contributed by atoms with Crippen LogP contribution < -0.4 is 9.47 Å². The van der Waals surface area contributed by atoms with Gasteiger partial charge in [0, 0.05) is 17.0 Å². The van der Waals surface area contributed by atoms with Crippen molar-refractivity contribution in [3.63, 3.8) is 0 Å². The summed E-state index contributed by atoms with van der Waals surface area (Å²) in [5, 5.41) is 10.8. The SMILES string of the molecule is COc1ccc(CC(O)c2cc(Cl)ccc2OC)cc1F. The minimum absolute atomic E-state index is 0.175. The Labute approximate surface area is 127 Å². The average Bonchev–Trinajstić information content (AvgIpc) is 2.47. The molecule has 1 atom stereocenters. The molecule has 0 aliphatic carbocycles. The molecule has 2 aromatic carbocycles. The first-order valence-electron chi connectivity index (χ1n) is 6.39. The smallest absolute Gasteiger partial charge is 0.165 e. The first kappa shape index (κ1) is 15.6. The van der Waals surface area contributed by atoms with Gasteiger partial charge in [-0.15, -0.1) is 0 Å². The van der Waals surface area contributed by atoms with E-state index >= 15 is 0 Å². The molecule has 0 amide bonds. The molecular formula is C16H16ClFO3. The summed E-state index contributed by atoms with van der Waals surface area (Å²) in [7, 11) is 2.93. The summed E-state index contributed by atoms with van der Waals surface area (Å²) < 4.78 is 23.7. The Balaban J connectivity index is 2.23. The zero-order valence-electron chi connectivity index (χ0n) is 11.8. The fourth-order valence-corrected chi connectivity index (χ4v) is 2.32. The molecular weight excluding hydrogens is 295 g/mol. The third-order valence-electron chi connectivity index (χ3n) is 3.20. The number of hydrogen-bond donors (Lipinski definition) is 1. The molecule has 0 spiro atoms. The Hall–Kier alpha value is -1.78. The van der Waals surface area contributed by atoms with Crippen molar-refractivity contribution in [3.8, 4) is 11.5 Å². The standard InChI is InChI=1S/C16H16ClFO3/c1-20-15-6-4-11(17)9-12(15)14(19)8-10-3-5-16(21-2)13(18)7-10/h3-7,9,14,19H,8H2,1-2H3. The third kappa shape index (κ3) is 3.65. The van der Waals surface area contributed by atoms with Gasteiger partial charge in [0.25, 0.3) is 0 Å². The van der Waals surface area contributed by atoms with Crippen LogP contribution in [0, 0.1) is 5.82 Å². The number of methoxy groups -OCH3 is 2. The van der Waals surface area contributed by atoms with Gasteiger partial charge in [-0.3, -0.25) is 0 Å². The summed E-state index contributed by atoms with van der Waals surface area (Å²) in [6, 6.07) is 9.61. The normalized spacial score (nSPS) is 12.0. The maximum absolute atomic E-state index is 13.7. The van der Waals surface area contributed by atoms with Crippen LogP contribution in [0.25, 0.3) is 0 Å². The second kappa shape index (κ2) is 6.78. The highest BCUT2D eigenvalue weighted by molar-refractivity contribution is 6.30. The Kier molecular flexibility index (Phi) is 5.04. The molecule has 0 radical (unpaired) electrons. The Morgan fingerprint density at radius 1 is 1.10 bits per heavy atom. The fourth-order valence-electron chi connectivity index (χ4n) is 2.14. The zero-order valence-corrected chi connectivity index (χ0v) is 12.5. The van der Waals surface area contributed by atoms with E-state index in [1.165, 1.54) is 26.4 Å². The average molecular weight is 311 g/mol. The molecule has 0 aliphatic rings. The maximum atomic E-state index is 13.7. The molecule has 21 heavy (non-hydrogen) atoms. The largest absolute Gasteiger partial charge is 0.496 e. The van der Waals surface area contributed by atoms with Crippen LogP contribution in [0.2, 0.25) is 5.02 Å². The first-order valence-corrected chi connectivity index (χ1v) is 6.77. The molecule has 0 aromatic heterocycles. The highest BCUT2D eigenvalue weighted by atomic mass is 35.5. The molecule has 0 saturated heterocycles. The van der Waals surface area contributed by atoms with Gasteiger partial charge < -0.3 is 14.6 Å². The summed E-state index contributed by atoms with van der Waals surface area (Å²) in [5.74, 6) is 0.259. The molecule has 1 N–H and O–H groups in total.